The summed E-state index contributed by atoms with van der Waals surface area (Å²) in [6, 6.07) is 2.83. The molecule has 5 nitrogen and oxygen atoms in total. The molecule has 0 aliphatic carbocycles. The predicted molar refractivity (Wildman–Crippen MR) is 90.6 cm³/mol. The van der Waals surface area contributed by atoms with Crippen molar-refractivity contribution in [1.29, 1.82) is 0 Å². The van der Waals surface area contributed by atoms with E-state index in [0.717, 1.165) is 38.5 Å². The number of carbonyl (C=O) groups is 2. The fraction of sp³-hybridized carbons (Fsp3) is 0.579. The highest BCUT2D eigenvalue weighted by Gasteiger charge is 2.23. The lowest BCUT2D eigenvalue weighted by molar-refractivity contribution is -0.118. The van der Waals surface area contributed by atoms with Crippen LogP contribution in [0, 0.1) is 0 Å². The minimum atomic E-state index is -0.501. The first-order valence-electron chi connectivity index (χ1n) is 8.64. The summed E-state index contributed by atoms with van der Waals surface area (Å²) in [6.07, 6.45) is 6.31. The molecule has 0 bridgehead atoms. The van der Waals surface area contributed by atoms with E-state index in [1.165, 1.54) is 19.2 Å². The molecule has 0 aromatic heterocycles. The Kier molecular flexibility index (Phi) is 6.64. The van der Waals surface area contributed by atoms with E-state index in [-0.39, 0.29) is 35.4 Å². The third-order valence-electron chi connectivity index (χ3n) is 4.35. The number of ether oxygens (including phenoxy) is 2. The van der Waals surface area contributed by atoms with Crippen LogP contribution in [0.4, 0.5) is 0 Å². The van der Waals surface area contributed by atoms with Crippen molar-refractivity contribution in [2.45, 2.75) is 64.4 Å². The average Bonchev–Trinajstić information content (AvgIpc) is 2.52. The standard InChI is InChI=1S/C19H26O5/c1-13-8-6-4-3-5-7-9-15(20)10-14-11-16(21)12-17(23-2)18(14)19(22)24-13/h11-13,21H,3-10H2,1-2H3/t13-/m1/s1. The maximum Gasteiger partial charge on any atom is 0.342 e. The number of hydrogen-bond acceptors (Lipinski definition) is 5. The molecule has 0 saturated heterocycles. The Bertz CT molecular complexity index is 594. The van der Waals surface area contributed by atoms with E-state index in [1.807, 2.05) is 6.92 Å². The Morgan fingerprint density at radius 3 is 2.58 bits per heavy atom. The van der Waals surface area contributed by atoms with Crippen LogP contribution in [0.25, 0.3) is 0 Å². The zero-order valence-electron chi connectivity index (χ0n) is 14.5. The quantitative estimate of drug-likeness (QED) is 0.791. The van der Waals surface area contributed by atoms with Gasteiger partial charge in [0.05, 0.1) is 13.2 Å². The molecule has 1 atom stereocenters. The van der Waals surface area contributed by atoms with E-state index in [2.05, 4.69) is 0 Å². The van der Waals surface area contributed by atoms with Gasteiger partial charge in [0, 0.05) is 18.9 Å². The molecule has 1 aromatic rings. The van der Waals surface area contributed by atoms with Gasteiger partial charge in [-0.05, 0) is 37.8 Å². The molecule has 1 aliphatic rings. The van der Waals surface area contributed by atoms with Crippen molar-refractivity contribution >= 4 is 11.8 Å². The Balaban J connectivity index is 2.35. The van der Waals surface area contributed by atoms with E-state index in [9.17, 15) is 14.7 Å². The van der Waals surface area contributed by atoms with Gasteiger partial charge >= 0.3 is 5.97 Å². The minimum Gasteiger partial charge on any atom is -0.508 e. The summed E-state index contributed by atoms with van der Waals surface area (Å²) in [6.45, 7) is 1.88. The molecule has 1 N–H and O–H groups in total. The molecular formula is C19H26O5. The first-order chi connectivity index (χ1) is 11.5. The van der Waals surface area contributed by atoms with E-state index in [4.69, 9.17) is 9.47 Å². The van der Waals surface area contributed by atoms with Crippen molar-refractivity contribution in [1.82, 2.24) is 0 Å². The second-order valence-electron chi connectivity index (χ2n) is 6.42. The van der Waals surface area contributed by atoms with Crippen LogP contribution in [0.5, 0.6) is 11.5 Å². The summed E-state index contributed by atoms with van der Waals surface area (Å²) >= 11 is 0. The molecule has 0 spiro atoms. The molecule has 5 heteroatoms. The molecule has 1 aliphatic heterocycles. The van der Waals surface area contributed by atoms with Crippen molar-refractivity contribution in [2.24, 2.45) is 0 Å². The molecule has 1 heterocycles. The van der Waals surface area contributed by atoms with Crippen LogP contribution in [-0.2, 0) is 16.0 Å². The lowest BCUT2D eigenvalue weighted by atomic mass is 9.97. The van der Waals surface area contributed by atoms with Crippen LogP contribution in [-0.4, -0.2) is 30.1 Å². The van der Waals surface area contributed by atoms with Crippen LogP contribution >= 0.6 is 0 Å². The highest BCUT2D eigenvalue weighted by atomic mass is 16.5. The van der Waals surface area contributed by atoms with Crippen LogP contribution in [0.1, 0.15) is 67.8 Å². The van der Waals surface area contributed by atoms with Gasteiger partial charge in [-0.25, -0.2) is 4.79 Å². The Morgan fingerprint density at radius 2 is 1.83 bits per heavy atom. The van der Waals surface area contributed by atoms with Gasteiger partial charge in [-0.2, -0.15) is 0 Å². The second-order valence-corrected chi connectivity index (χ2v) is 6.42. The first kappa shape index (κ1) is 18.3. The van der Waals surface area contributed by atoms with Crippen LogP contribution < -0.4 is 4.74 Å². The number of phenols is 1. The van der Waals surface area contributed by atoms with Crippen LogP contribution in [0.15, 0.2) is 12.1 Å². The smallest absolute Gasteiger partial charge is 0.342 e. The normalized spacial score (nSPS) is 20.7. The summed E-state index contributed by atoms with van der Waals surface area (Å²) in [7, 11) is 1.43. The van der Waals surface area contributed by atoms with Crippen molar-refractivity contribution < 1.29 is 24.2 Å². The molecular weight excluding hydrogens is 308 g/mol. The molecule has 24 heavy (non-hydrogen) atoms. The van der Waals surface area contributed by atoms with Gasteiger partial charge in [-0.1, -0.05) is 19.3 Å². The van der Waals surface area contributed by atoms with Crippen molar-refractivity contribution in [3.63, 3.8) is 0 Å². The number of Topliss-reactive ketones (excluding diaryl/α,β-unsaturated/α-hetero) is 1. The Hall–Kier alpha value is -2.04. The fourth-order valence-electron chi connectivity index (χ4n) is 3.07. The van der Waals surface area contributed by atoms with Gasteiger partial charge in [0.2, 0.25) is 0 Å². The van der Waals surface area contributed by atoms with Crippen molar-refractivity contribution in [3.05, 3.63) is 23.3 Å². The van der Waals surface area contributed by atoms with Gasteiger partial charge in [0.25, 0.3) is 0 Å². The third kappa shape index (κ3) is 4.98. The summed E-state index contributed by atoms with van der Waals surface area (Å²) in [5, 5.41) is 9.85. The van der Waals surface area contributed by atoms with E-state index < -0.39 is 5.97 Å². The number of hydrogen-bond donors (Lipinski definition) is 1. The van der Waals surface area contributed by atoms with E-state index in [0.29, 0.717) is 12.0 Å². The lowest BCUT2D eigenvalue weighted by Crippen LogP contribution is -2.18. The van der Waals surface area contributed by atoms with Gasteiger partial charge in [0.15, 0.2) is 0 Å². The predicted octanol–water partition coefficient (Wildman–Crippen LogP) is 3.80. The number of carbonyl (C=O) groups excluding carboxylic acids is 2. The van der Waals surface area contributed by atoms with Gasteiger partial charge < -0.3 is 14.6 Å². The number of ketones is 1. The summed E-state index contributed by atoms with van der Waals surface area (Å²) < 4.78 is 10.8. The third-order valence-corrected chi connectivity index (χ3v) is 4.35. The van der Waals surface area contributed by atoms with Gasteiger partial charge in [-0.15, -0.1) is 0 Å². The highest BCUT2D eigenvalue weighted by molar-refractivity contribution is 5.96. The van der Waals surface area contributed by atoms with E-state index in [1.54, 1.807) is 0 Å². The number of esters is 1. The fourth-order valence-corrected chi connectivity index (χ4v) is 3.07. The second kappa shape index (κ2) is 8.71. The van der Waals surface area contributed by atoms with Crippen molar-refractivity contribution in [3.8, 4) is 11.5 Å². The summed E-state index contributed by atoms with van der Waals surface area (Å²) in [5.41, 5.74) is 0.707. The Labute approximate surface area is 143 Å². The highest BCUT2D eigenvalue weighted by Crippen LogP contribution is 2.30. The molecule has 0 fully saturated rings. The molecule has 0 saturated carbocycles. The van der Waals surface area contributed by atoms with Crippen LogP contribution in [0.2, 0.25) is 0 Å². The van der Waals surface area contributed by atoms with Gasteiger partial charge in [-0.3, -0.25) is 4.79 Å². The number of aromatic hydroxyl groups is 1. The topological polar surface area (TPSA) is 72.8 Å². The lowest BCUT2D eigenvalue weighted by Gasteiger charge is -2.18. The molecule has 132 valence electrons. The average molecular weight is 334 g/mol. The zero-order valence-corrected chi connectivity index (χ0v) is 14.5. The molecule has 0 amide bonds. The summed E-state index contributed by atoms with van der Waals surface area (Å²) in [4.78, 5) is 24.8. The number of rotatable bonds is 1. The molecule has 1 aromatic carbocycles. The maximum atomic E-state index is 12.6. The number of methoxy groups -OCH3 is 1. The summed E-state index contributed by atoms with van der Waals surface area (Å²) in [5.74, 6) is -0.233. The number of phenolic OH excluding ortho intramolecular Hbond substituents is 1. The SMILES string of the molecule is COc1cc(O)cc2c1C(=O)O[C@H](C)CCCCCCCC(=O)C2. The zero-order chi connectivity index (χ0) is 17.5. The number of cyclic esters (lactones) is 1. The van der Waals surface area contributed by atoms with Crippen molar-refractivity contribution in [2.75, 3.05) is 7.11 Å². The molecule has 0 radical (unpaired) electrons. The van der Waals surface area contributed by atoms with Crippen LogP contribution in [0.3, 0.4) is 0 Å². The van der Waals surface area contributed by atoms with E-state index >= 15 is 0 Å². The number of fused-ring (bicyclic) bond motifs is 1. The maximum absolute atomic E-state index is 12.6. The largest absolute Gasteiger partial charge is 0.508 e. The monoisotopic (exact) mass is 334 g/mol. The Morgan fingerprint density at radius 1 is 1.12 bits per heavy atom. The van der Waals surface area contributed by atoms with Gasteiger partial charge in [0.1, 0.15) is 22.8 Å². The minimum absolute atomic E-state index is 0.0274. The molecule has 2 rings (SSSR count). The molecule has 0 unspecified atom stereocenters. The first-order valence-corrected chi connectivity index (χ1v) is 8.64. The number of benzene rings is 1.